The van der Waals surface area contributed by atoms with E-state index in [1.807, 2.05) is 18.2 Å². The van der Waals surface area contributed by atoms with Crippen molar-refractivity contribution in [3.8, 4) is 5.75 Å². The Morgan fingerprint density at radius 2 is 2.35 bits per heavy atom. The first kappa shape index (κ1) is 11.2. The summed E-state index contributed by atoms with van der Waals surface area (Å²) >= 11 is 0. The number of H-pyrrole nitrogens is 1. The van der Waals surface area contributed by atoms with Crippen molar-refractivity contribution in [1.29, 1.82) is 0 Å². The lowest BCUT2D eigenvalue weighted by molar-refractivity contribution is -0.115. The molecule has 0 atom stereocenters. The molecule has 0 spiro atoms. The third-order valence-corrected chi connectivity index (χ3v) is 2.26. The topological polar surface area (TPSA) is 67.0 Å². The van der Waals surface area contributed by atoms with Gasteiger partial charge in [-0.05, 0) is 18.2 Å². The second-order valence-corrected chi connectivity index (χ2v) is 3.54. The van der Waals surface area contributed by atoms with Crippen LogP contribution in [0.25, 0.3) is 0 Å². The molecular weight excluding hydrogens is 218 g/mol. The second-order valence-electron chi connectivity index (χ2n) is 3.54. The van der Waals surface area contributed by atoms with Crippen LogP contribution in [0.15, 0.2) is 36.5 Å². The Hall–Kier alpha value is -2.30. The summed E-state index contributed by atoms with van der Waals surface area (Å²) in [4.78, 5) is 11.7. The molecule has 2 rings (SSSR count). The fraction of sp³-hybridized carbons (Fsp3) is 0.167. The standard InChI is InChI=1S/C12H13N3O2/c1-17-11-4-2-3-9(7-11)14-12(16)8-10-5-6-13-15-10/h2-7H,8H2,1H3,(H,13,15)(H,14,16). The highest BCUT2D eigenvalue weighted by molar-refractivity contribution is 5.92. The van der Waals surface area contributed by atoms with Crippen molar-refractivity contribution in [1.82, 2.24) is 10.2 Å². The molecule has 17 heavy (non-hydrogen) atoms. The number of methoxy groups -OCH3 is 1. The van der Waals surface area contributed by atoms with Crippen LogP contribution in [0.4, 0.5) is 5.69 Å². The zero-order chi connectivity index (χ0) is 12.1. The average molecular weight is 231 g/mol. The smallest absolute Gasteiger partial charge is 0.230 e. The van der Waals surface area contributed by atoms with E-state index >= 15 is 0 Å². The van der Waals surface area contributed by atoms with Crippen LogP contribution in [0, 0.1) is 0 Å². The first-order chi connectivity index (χ1) is 8.28. The van der Waals surface area contributed by atoms with Crippen molar-refractivity contribution in [2.75, 3.05) is 12.4 Å². The monoisotopic (exact) mass is 231 g/mol. The number of carbonyl (C=O) groups excluding carboxylic acids is 1. The molecule has 1 amide bonds. The summed E-state index contributed by atoms with van der Waals surface area (Å²) in [7, 11) is 1.59. The molecule has 1 heterocycles. The SMILES string of the molecule is COc1cccc(NC(=O)Cc2ccn[nH]2)c1. The minimum absolute atomic E-state index is 0.0949. The number of nitrogens with one attached hydrogen (secondary N) is 2. The number of ether oxygens (including phenoxy) is 1. The Morgan fingerprint density at radius 1 is 1.47 bits per heavy atom. The highest BCUT2D eigenvalue weighted by Gasteiger charge is 2.05. The van der Waals surface area contributed by atoms with Gasteiger partial charge in [0, 0.05) is 23.6 Å². The second kappa shape index (κ2) is 5.16. The van der Waals surface area contributed by atoms with Crippen LogP contribution in [-0.2, 0) is 11.2 Å². The molecule has 0 saturated heterocycles. The van der Waals surface area contributed by atoms with E-state index in [0.29, 0.717) is 11.4 Å². The van der Waals surface area contributed by atoms with E-state index in [9.17, 15) is 4.79 Å². The van der Waals surface area contributed by atoms with Gasteiger partial charge in [-0.2, -0.15) is 5.10 Å². The summed E-state index contributed by atoms with van der Waals surface area (Å²) in [6, 6.07) is 9.00. The Labute approximate surface area is 98.8 Å². The maximum atomic E-state index is 11.7. The van der Waals surface area contributed by atoms with E-state index in [4.69, 9.17) is 4.74 Å². The van der Waals surface area contributed by atoms with Gasteiger partial charge in [0.2, 0.25) is 5.91 Å². The minimum Gasteiger partial charge on any atom is -0.497 e. The van der Waals surface area contributed by atoms with Gasteiger partial charge < -0.3 is 10.1 Å². The molecule has 0 unspecified atom stereocenters. The van der Waals surface area contributed by atoms with Crippen molar-refractivity contribution in [3.63, 3.8) is 0 Å². The van der Waals surface area contributed by atoms with E-state index < -0.39 is 0 Å². The lowest BCUT2D eigenvalue weighted by Crippen LogP contribution is -2.14. The highest BCUT2D eigenvalue weighted by atomic mass is 16.5. The zero-order valence-corrected chi connectivity index (χ0v) is 9.43. The highest BCUT2D eigenvalue weighted by Crippen LogP contribution is 2.16. The number of aromatic nitrogens is 2. The first-order valence-electron chi connectivity index (χ1n) is 5.20. The number of amides is 1. The van der Waals surface area contributed by atoms with E-state index in [1.54, 1.807) is 25.4 Å². The fourth-order valence-corrected chi connectivity index (χ4v) is 1.46. The molecule has 1 aromatic carbocycles. The van der Waals surface area contributed by atoms with Crippen molar-refractivity contribution < 1.29 is 9.53 Å². The number of carbonyl (C=O) groups is 1. The maximum Gasteiger partial charge on any atom is 0.230 e. The minimum atomic E-state index is -0.0949. The van der Waals surface area contributed by atoms with Gasteiger partial charge >= 0.3 is 0 Å². The third kappa shape index (κ3) is 3.07. The number of benzene rings is 1. The van der Waals surface area contributed by atoms with Crippen molar-refractivity contribution >= 4 is 11.6 Å². The Balaban J connectivity index is 1.98. The number of hydrogen-bond acceptors (Lipinski definition) is 3. The van der Waals surface area contributed by atoms with Gasteiger partial charge in [0.25, 0.3) is 0 Å². The molecule has 0 aliphatic heterocycles. The first-order valence-corrected chi connectivity index (χ1v) is 5.20. The summed E-state index contributed by atoms with van der Waals surface area (Å²) in [6.07, 6.45) is 1.89. The molecule has 2 aromatic rings. The number of anilines is 1. The maximum absolute atomic E-state index is 11.7. The molecule has 0 bridgehead atoms. The predicted molar refractivity (Wildman–Crippen MR) is 63.9 cm³/mol. The number of hydrogen-bond donors (Lipinski definition) is 2. The van der Waals surface area contributed by atoms with Gasteiger partial charge in [0.05, 0.1) is 13.5 Å². The van der Waals surface area contributed by atoms with E-state index in [1.165, 1.54) is 0 Å². The molecule has 0 radical (unpaired) electrons. The predicted octanol–water partition coefficient (Wildman–Crippen LogP) is 1.60. The molecule has 0 aliphatic carbocycles. The molecular formula is C12H13N3O2. The van der Waals surface area contributed by atoms with Crippen LogP contribution in [0.1, 0.15) is 5.69 Å². The van der Waals surface area contributed by atoms with Crippen molar-refractivity contribution in [2.24, 2.45) is 0 Å². The van der Waals surface area contributed by atoms with Gasteiger partial charge in [0.15, 0.2) is 0 Å². The van der Waals surface area contributed by atoms with Crippen LogP contribution in [0.2, 0.25) is 0 Å². The zero-order valence-electron chi connectivity index (χ0n) is 9.43. The fourth-order valence-electron chi connectivity index (χ4n) is 1.46. The Bertz CT molecular complexity index is 494. The Morgan fingerprint density at radius 3 is 3.06 bits per heavy atom. The molecule has 88 valence electrons. The summed E-state index contributed by atoms with van der Waals surface area (Å²) in [5.41, 5.74) is 1.50. The van der Waals surface area contributed by atoms with Crippen LogP contribution in [-0.4, -0.2) is 23.2 Å². The van der Waals surface area contributed by atoms with Crippen LogP contribution >= 0.6 is 0 Å². The number of aromatic amines is 1. The Kier molecular flexibility index (Phi) is 3.40. The number of nitrogens with zero attached hydrogens (tertiary/aromatic N) is 1. The van der Waals surface area contributed by atoms with E-state index in [-0.39, 0.29) is 12.3 Å². The summed E-state index contributed by atoms with van der Waals surface area (Å²) < 4.78 is 5.07. The molecule has 2 N–H and O–H groups in total. The van der Waals surface area contributed by atoms with Crippen LogP contribution in [0.5, 0.6) is 5.75 Å². The molecule has 5 heteroatoms. The average Bonchev–Trinajstić information content (AvgIpc) is 2.82. The van der Waals surface area contributed by atoms with Gasteiger partial charge in [0.1, 0.15) is 5.75 Å². The number of rotatable bonds is 4. The van der Waals surface area contributed by atoms with Crippen molar-refractivity contribution in [2.45, 2.75) is 6.42 Å². The lowest BCUT2D eigenvalue weighted by atomic mass is 10.2. The normalized spacial score (nSPS) is 9.94. The van der Waals surface area contributed by atoms with Gasteiger partial charge in [-0.1, -0.05) is 6.07 Å². The molecule has 0 fully saturated rings. The van der Waals surface area contributed by atoms with Crippen LogP contribution in [0.3, 0.4) is 0 Å². The third-order valence-electron chi connectivity index (χ3n) is 2.26. The quantitative estimate of drug-likeness (QED) is 0.839. The van der Waals surface area contributed by atoms with Crippen molar-refractivity contribution in [3.05, 3.63) is 42.2 Å². The van der Waals surface area contributed by atoms with E-state index in [2.05, 4.69) is 15.5 Å². The van der Waals surface area contributed by atoms with Gasteiger partial charge in [-0.3, -0.25) is 9.89 Å². The lowest BCUT2D eigenvalue weighted by Gasteiger charge is -2.06. The largest absolute Gasteiger partial charge is 0.497 e. The van der Waals surface area contributed by atoms with E-state index in [0.717, 1.165) is 5.69 Å². The molecule has 1 aromatic heterocycles. The molecule has 5 nitrogen and oxygen atoms in total. The summed E-state index contributed by atoms with van der Waals surface area (Å²) in [5, 5.41) is 9.31. The molecule has 0 aliphatic rings. The summed E-state index contributed by atoms with van der Waals surface area (Å²) in [6.45, 7) is 0. The van der Waals surface area contributed by atoms with Gasteiger partial charge in [-0.15, -0.1) is 0 Å². The summed E-state index contributed by atoms with van der Waals surface area (Å²) in [5.74, 6) is 0.617. The van der Waals surface area contributed by atoms with Crippen LogP contribution < -0.4 is 10.1 Å². The van der Waals surface area contributed by atoms with Gasteiger partial charge in [-0.25, -0.2) is 0 Å². The molecule has 0 saturated carbocycles.